The molecule has 0 spiro atoms. The first kappa shape index (κ1) is 14.8. The monoisotopic (exact) mass is 324 g/mol. The van der Waals surface area contributed by atoms with Crippen LogP contribution in [0.1, 0.15) is 28.9 Å². The summed E-state index contributed by atoms with van der Waals surface area (Å²) in [6, 6.07) is 7.38. The van der Waals surface area contributed by atoms with E-state index in [-0.39, 0.29) is 5.69 Å². The van der Waals surface area contributed by atoms with E-state index < -0.39 is 11.7 Å². The maximum Gasteiger partial charge on any atom is 0.276 e. The van der Waals surface area contributed by atoms with Crippen molar-refractivity contribution in [3.05, 3.63) is 53.7 Å². The van der Waals surface area contributed by atoms with Crippen molar-refractivity contribution in [1.29, 1.82) is 0 Å². The van der Waals surface area contributed by atoms with E-state index >= 15 is 0 Å². The molecule has 2 heterocycles. The molecule has 1 aromatic carbocycles. The van der Waals surface area contributed by atoms with Gasteiger partial charge in [-0.15, -0.1) is 0 Å². The fourth-order valence-electron chi connectivity index (χ4n) is 2.80. The molecule has 0 radical (unpaired) electrons. The van der Waals surface area contributed by atoms with E-state index in [2.05, 4.69) is 15.4 Å². The van der Waals surface area contributed by atoms with Gasteiger partial charge in [0.25, 0.3) is 5.91 Å². The lowest BCUT2D eigenvalue weighted by Gasteiger charge is -2.04. The first-order chi connectivity index (χ1) is 11.6. The van der Waals surface area contributed by atoms with Gasteiger partial charge in [-0.05, 0) is 43.9 Å². The Morgan fingerprint density at radius 1 is 1.38 bits per heavy atom. The number of benzene rings is 1. The lowest BCUT2D eigenvalue weighted by molar-refractivity contribution is 0.102. The summed E-state index contributed by atoms with van der Waals surface area (Å²) in [5.74, 6) is -0.336. The van der Waals surface area contributed by atoms with Crippen LogP contribution in [-0.2, 0) is 6.54 Å². The minimum atomic E-state index is -0.566. The number of rotatable bonds is 4. The van der Waals surface area contributed by atoms with Crippen molar-refractivity contribution in [3.63, 3.8) is 0 Å². The molecule has 3 aromatic rings. The molecule has 1 saturated carbocycles. The summed E-state index contributed by atoms with van der Waals surface area (Å²) in [6.45, 7) is 2.79. The number of pyridine rings is 1. The Balaban J connectivity index is 1.73. The third-order valence-electron chi connectivity index (χ3n) is 4.27. The number of hydrogen-bond acceptors (Lipinski definition) is 3. The molecule has 0 unspecified atom stereocenters. The standard InChI is InChI=1S/C18H17FN4O/c1-11-2-5-16-13(8-11)17(22-23(16)10-12-3-4-12)18(24)21-15-6-7-20-9-14(15)19/h2,5-9,12H,3-4,10H2,1H3,(H,20,21,24). The van der Waals surface area contributed by atoms with E-state index in [9.17, 15) is 9.18 Å². The molecule has 6 heteroatoms. The van der Waals surface area contributed by atoms with Gasteiger partial charge in [0.05, 0.1) is 17.4 Å². The molecule has 1 aliphatic carbocycles. The summed E-state index contributed by atoms with van der Waals surface area (Å²) >= 11 is 0. The molecule has 1 amide bonds. The van der Waals surface area contributed by atoms with Gasteiger partial charge in [-0.3, -0.25) is 14.5 Å². The quantitative estimate of drug-likeness (QED) is 0.798. The van der Waals surface area contributed by atoms with Crippen molar-refractivity contribution < 1.29 is 9.18 Å². The second-order valence-electron chi connectivity index (χ2n) is 6.30. The van der Waals surface area contributed by atoms with Gasteiger partial charge in [-0.1, -0.05) is 11.6 Å². The molecule has 1 fully saturated rings. The van der Waals surface area contributed by atoms with Gasteiger partial charge in [-0.2, -0.15) is 5.10 Å². The van der Waals surface area contributed by atoms with Crippen molar-refractivity contribution in [1.82, 2.24) is 14.8 Å². The first-order valence-corrected chi connectivity index (χ1v) is 8.00. The summed E-state index contributed by atoms with van der Waals surface area (Å²) in [6.07, 6.45) is 4.92. The third kappa shape index (κ3) is 2.75. The molecular formula is C18H17FN4O. The van der Waals surface area contributed by atoms with Crippen LogP contribution in [0.4, 0.5) is 10.1 Å². The van der Waals surface area contributed by atoms with Crippen LogP contribution in [0.5, 0.6) is 0 Å². The van der Waals surface area contributed by atoms with Crippen LogP contribution in [0.3, 0.4) is 0 Å². The highest BCUT2D eigenvalue weighted by Gasteiger charge is 2.25. The lowest BCUT2D eigenvalue weighted by Crippen LogP contribution is -2.15. The Morgan fingerprint density at radius 2 is 2.21 bits per heavy atom. The van der Waals surface area contributed by atoms with Gasteiger partial charge in [0.1, 0.15) is 0 Å². The molecule has 1 aliphatic rings. The predicted octanol–water partition coefficient (Wildman–Crippen LogP) is 3.54. The second-order valence-corrected chi connectivity index (χ2v) is 6.30. The Morgan fingerprint density at radius 3 is 2.96 bits per heavy atom. The lowest BCUT2D eigenvalue weighted by atomic mass is 10.1. The fraction of sp³-hybridized carbons (Fsp3) is 0.278. The number of nitrogens with one attached hydrogen (secondary N) is 1. The van der Waals surface area contributed by atoms with Crippen molar-refractivity contribution >= 4 is 22.5 Å². The number of carbonyl (C=O) groups is 1. The van der Waals surface area contributed by atoms with Gasteiger partial charge in [0, 0.05) is 18.1 Å². The second kappa shape index (κ2) is 5.70. The molecule has 0 atom stereocenters. The zero-order valence-electron chi connectivity index (χ0n) is 13.3. The van der Waals surface area contributed by atoms with Gasteiger partial charge >= 0.3 is 0 Å². The number of amides is 1. The predicted molar refractivity (Wildman–Crippen MR) is 89.3 cm³/mol. The highest BCUT2D eigenvalue weighted by atomic mass is 19.1. The maximum absolute atomic E-state index is 13.7. The Labute approximate surface area is 138 Å². The fourth-order valence-corrected chi connectivity index (χ4v) is 2.80. The van der Waals surface area contributed by atoms with Gasteiger partial charge in [0.2, 0.25) is 0 Å². The largest absolute Gasteiger partial charge is 0.318 e. The molecule has 0 aliphatic heterocycles. The van der Waals surface area contributed by atoms with Crippen LogP contribution in [-0.4, -0.2) is 20.7 Å². The number of fused-ring (bicyclic) bond motifs is 1. The zero-order chi connectivity index (χ0) is 16.7. The maximum atomic E-state index is 13.7. The molecule has 2 aromatic heterocycles. The van der Waals surface area contributed by atoms with E-state index in [0.29, 0.717) is 11.6 Å². The van der Waals surface area contributed by atoms with E-state index in [1.165, 1.54) is 25.1 Å². The third-order valence-corrected chi connectivity index (χ3v) is 4.27. The van der Waals surface area contributed by atoms with E-state index in [1.807, 2.05) is 29.8 Å². The zero-order valence-corrected chi connectivity index (χ0v) is 13.3. The smallest absolute Gasteiger partial charge is 0.276 e. The molecular weight excluding hydrogens is 307 g/mol. The average Bonchev–Trinajstić information content (AvgIpc) is 3.30. The molecule has 24 heavy (non-hydrogen) atoms. The summed E-state index contributed by atoms with van der Waals surface area (Å²) in [5, 5.41) is 7.89. The minimum Gasteiger partial charge on any atom is -0.318 e. The topological polar surface area (TPSA) is 59.8 Å². The number of nitrogens with zero attached hydrogens (tertiary/aromatic N) is 3. The Kier molecular flexibility index (Phi) is 3.52. The van der Waals surface area contributed by atoms with Crippen LogP contribution in [0, 0.1) is 18.7 Å². The van der Waals surface area contributed by atoms with Crippen LogP contribution < -0.4 is 5.32 Å². The van der Waals surface area contributed by atoms with Crippen LogP contribution in [0.2, 0.25) is 0 Å². The van der Waals surface area contributed by atoms with Gasteiger partial charge in [0.15, 0.2) is 11.5 Å². The number of aromatic nitrogens is 3. The van der Waals surface area contributed by atoms with Gasteiger partial charge in [-0.25, -0.2) is 4.39 Å². The van der Waals surface area contributed by atoms with Crippen molar-refractivity contribution in [2.75, 3.05) is 5.32 Å². The Bertz CT molecular complexity index is 930. The highest BCUT2D eigenvalue weighted by molar-refractivity contribution is 6.11. The SMILES string of the molecule is Cc1ccc2c(c1)c(C(=O)Nc1ccncc1F)nn2CC1CC1. The molecule has 1 N–H and O–H groups in total. The molecule has 0 bridgehead atoms. The van der Waals surface area contributed by atoms with Crippen LogP contribution >= 0.6 is 0 Å². The number of carbonyl (C=O) groups excluding carboxylic acids is 1. The average molecular weight is 324 g/mol. The minimum absolute atomic E-state index is 0.104. The van der Waals surface area contributed by atoms with Crippen molar-refractivity contribution in [3.8, 4) is 0 Å². The van der Waals surface area contributed by atoms with Crippen molar-refractivity contribution in [2.24, 2.45) is 5.92 Å². The van der Waals surface area contributed by atoms with E-state index in [4.69, 9.17) is 0 Å². The molecule has 122 valence electrons. The summed E-state index contributed by atoms with van der Waals surface area (Å²) in [4.78, 5) is 16.3. The normalized spacial score (nSPS) is 14.1. The molecule has 5 nitrogen and oxygen atoms in total. The van der Waals surface area contributed by atoms with Gasteiger partial charge < -0.3 is 5.32 Å². The number of hydrogen-bond donors (Lipinski definition) is 1. The van der Waals surface area contributed by atoms with E-state index in [1.54, 1.807) is 0 Å². The number of aryl methyl sites for hydroxylation is 1. The van der Waals surface area contributed by atoms with Crippen molar-refractivity contribution in [2.45, 2.75) is 26.3 Å². The molecule has 4 rings (SSSR count). The van der Waals surface area contributed by atoms with Crippen LogP contribution in [0.15, 0.2) is 36.7 Å². The Hall–Kier alpha value is -2.76. The number of anilines is 1. The van der Waals surface area contributed by atoms with Crippen LogP contribution in [0.25, 0.3) is 10.9 Å². The van der Waals surface area contributed by atoms with E-state index in [0.717, 1.165) is 29.2 Å². The summed E-state index contributed by atoms with van der Waals surface area (Å²) in [5.41, 5.74) is 2.42. The summed E-state index contributed by atoms with van der Waals surface area (Å²) in [7, 11) is 0. The highest BCUT2D eigenvalue weighted by Crippen LogP contribution is 2.32. The summed E-state index contributed by atoms with van der Waals surface area (Å²) < 4.78 is 15.6. The first-order valence-electron chi connectivity index (χ1n) is 8.00. The number of halogens is 1. The molecule has 0 saturated heterocycles.